The van der Waals surface area contributed by atoms with E-state index in [4.69, 9.17) is 4.43 Å². The highest BCUT2D eigenvalue weighted by atomic mass is 28.4. The zero-order chi connectivity index (χ0) is 42.5. The molecule has 0 saturated carbocycles. The molecule has 0 aromatic carbocycles. The molecule has 18 heteroatoms. The van der Waals surface area contributed by atoms with Gasteiger partial charge < -0.3 is 20.4 Å². The average molecular weight is 835 g/mol. The summed E-state index contributed by atoms with van der Waals surface area (Å²) in [5.41, 5.74) is 5.31. The lowest BCUT2D eigenvalue weighted by molar-refractivity contribution is -0.132. The molecular formula is C41H58N14O2Si2. The second-order valence-electron chi connectivity index (χ2n) is 14.7. The highest BCUT2D eigenvalue weighted by molar-refractivity contribution is 6.76. The largest absolute Gasteiger partial charge is 0.520 e. The number of fused-ring (bicyclic) bond motifs is 1. The van der Waals surface area contributed by atoms with E-state index in [1.54, 1.807) is 34.2 Å². The predicted octanol–water partition coefficient (Wildman–Crippen LogP) is 8.26. The lowest BCUT2D eigenvalue weighted by atomic mass is 10.1. The number of aromatic nitrogens is 11. The van der Waals surface area contributed by atoms with E-state index in [1.165, 1.54) is 13.0 Å². The molecular weight excluding hydrogens is 777 g/mol. The van der Waals surface area contributed by atoms with Crippen LogP contribution in [-0.2, 0) is 29.4 Å². The second-order valence-corrected chi connectivity index (χ2v) is 24.5. The molecule has 0 saturated heterocycles. The van der Waals surface area contributed by atoms with Crippen LogP contribution in [0.5, 0.6) is 0 Å². The fraction of sp³-hybridized carbons (Fsp3) is 0.293. The molecule has 1 aliphatic rings. The summed E-state index contributed by atoms with van der Waals surface area (Å²) in [6.07, 6.45) is 14.7. The zero-order valence-electron chi connectivity index (χ0n) is 34.9. The van der Waals surface area contributed by atoms with E-state index in [0.717, 1.165) is 57.4 Å². The van der Waals surface area contributed by atoms with Gasteiger partial charge in [-0.3, -0.25) is 18.6 Å². The van der Waals surface area contributed by atoms with E-state index in [9.17, 15) is 4.79 Å². The van der Waals surface area contributed by atoms with Crippen LogP contribution in [0.3, 0.4) is 0 Å². The number of hydrogen-bond donors (Lipinski definition) is 3. The minimum atomic E-state index is -1.57. The van der Waals surface area contributed by atoms with Gasteiger partial charge in [0, 0.05) is 80.8 Å². The van der Waals surface area contributed by atoms with E-state index >= 15 is 0 Å². The molecule has 16 nitrogen and oxygen atoms in total. The molecule has 0 fully saturated rings. The molecule has 3 N–H and O–H groups in total. The van der Waals surface area contributed by atoms with Crippen LogP contribution in [0.2, 0.25) is 38.8 Å². The summed E-state index contributed by atoms with van der Waals surface area (Å²) in [4.78, 5) is 27.9. The van der Waals surface area contributed by atoms with E-state index in [2.05, 4.69) is 107 Å². The molecule has 0 aliphatic carbocycles. The fourth-order valence-corrected chi connectivity index (χ4v) is 7.47. The number of nitrogens with zero attached hydrogens (tertiary/aromatic N) is 11. The number of hydrogen-bond acceptors (Lipinski definition) is 13. The Kier molecular flexibility index (Phi) is 16.9. The summed E-state index contributed by atoms with van der Waals surface area (Å²) in [5.74, 6) is 3.60. The number of nitrogens with one attached hydrogen (secondary N) is 3. The van der Waals surface area contributed by atoms with Gasteiger partial charge in [0.15, 0.2) is 5.65 Å². The van der Waals surface area contributed by atoms with Gasteiger partial charge in [-0.2, -0.15) is 10.2 Å². The minimum absolute atomic E-state index is 0. The van der Waals surface area contributed by atoms with Gasteiger partial charge >= 0.3 is 0 Å². The number of carbonyl (C=O) groups is 1. The number of anilines is 4. The molecule has 6 aromatic rings. The predicted molar refractivity (Wildman–Crippen MR) is 243 cm³/mol. The third kappa shape index (κ3) is 14.1. The minimum Gasteiger partial charge on any atom is -0.520 e. The quantitative estimate of drug-likeness (QED) is 0.0888. The van der Waals surface area contributed by atoms with Crippen LogP contribution in [0.4, 0.5) is 23.5 Å². The average Bonchev–Trinajstić information content (AvgIpc) is 3.91. The van der Waals surface area contributed by atoms with Crippen molar-refractivity contribution in [1.82, 2.24) is 59.4 Å². The van der Waals surface area contributed by atoms with Gasteiger partial charge in [0.1, 0.15) is 17.5 Å². The van der Waals surface area contributed by atoms with Crippen LogP contribution in [0.1, 0.15) is 32.8 Å². The molecule has 1 aliphatic heterocycles. The summed E-state index contributed by atoms with van der Waals surface area (Å²) < 4.78 is 10.5. The molecule has 0 unspecified atom stereocenters. The van der Waals surface area contributed by atoms with Gasteiger partial charge in [-0.1, -0.05) is 40.1 Å². The normalized spacial score (nSPS) is 11.9. The number of aryl methyl sites for hydroxylation is 2. The van der Waals surface area contributed by atoms with Crippen molar-refractivity contribution in [1.29, 1.82) is 0 Å². The van der Waals surface area contributed by atoms with Crippen molar-refractivity contribution in [3.8, 4) is 11.3 Å². The Balaban J connectivity index is 0.000000262. The summed E-state index contributed by atoms with van der Waals surface area (Å²) in [5, 5.41) is 26.4. The molecule has 312 valence electrons. The SMILES string of the molecule is C.C=C.C=C1C=C(c2ccnc(Nc3ccnn3C)n2)C=CN1.CC(=O)O[Si](C)(C)C.CC[Si](C)(C)Cc1nnc2cc(-c3ccnc(Nc4ccnn4C)n3)ccn12. The lowest BCUT2D eigenvalue weighted by Crippen LogP contribution is -2.28. The van der Waals surface area contributed by atoms with Crippen molar-refractivity contribution in [2.75, 3.05) is 10.6 Å². The van der Waals surface area contributed by atoms with Crippen LogP contribution in [0.15, 0.2) is 111 Å². The van der Waals surface area contributed by atoms with Gasteiger partial charge in [0.2, 0.25) is 20.2 Å². The summed E-state index contributed by atoms with van der Waals surface area (Å²) in [6, 6.07) is 13.8. The number of allylic oxidation sites excluding steroid dienone is 3. The Morgan fingerprint density at radius 2 is 1.42 bits per heavy atom. The maximum atomic E-state index is 10.3. The van der Waals surface area contributed by atoms with Gasteiger partial charge in [-0.05, 0) is 56.1 Å². The van der Waals surface area contributed by atoms with Gasteiger partial charge in [0.25, 0.3) is 5.97 Å². The van der Waals surface area contributed by atoms with E-state index in [1.807, 2.05) is 88.6 Å². The van der Waals surface area contributed by atoms with Gasteiger partial charge in [0.05, 0.1) is 31.9 Å². The summed E-state index contributed by atoms with van der Waals surface area (Å²) in [6.45, 7) is 24.3. The smallest absolute Gasteiger partial charge is 0.289 e. The van der Waals surface area contributed by atoms with Crippen LogP contribution in [0.25, 0.3) is 22.5 Å². The summed E-state index contributed by atoms with van der Waals surface area (Å²) in [7, 11) is 0.873. The molecule has 7 heterocycles. The molecule has 0 atom stereocenters. The van der Waals surface area contributed by atoms with Crippen LogP contribution in [-0.4, -0.2) is 76.5 Å². The van der Waals surface area contributed by atoms with Crippen molar-refractivity contribution in [3.63, 3.8) is 0 Å². The van der Waals surface area contributed by atoms with E-state index in [-0.39, 0.29) is 13.4 Å². The first-order chi connectivity index (χ1) is 27.6. The summed E-state index contributed by atoms with van der Waals surface area (Å²) >= 11 is 0. The van der Waals surface area contributed by atoms with Crippen molar-refractivity contribution >= 4 is 57.1 Å². The topological polar surface area (TPSA) is 180 Å². The van der Waals surface area contributed by atoms with E-state index < -0.39 is 16.4 Å². The highest BCUT2D eigenvalue weighted by Crippen LogP contribution is 2.23. The maximum Gasteiger partial charge on any atom is 0.289 e. The highest BCUT2D eigenvalue weighted by Gasteiger charge is 2.22. The molecule has 6 aromatic heterocycles. The van der Waals surface area contributed by atoms with Crippen LogP contribution < -0.4 is 16.0 Å². The molecule has 0 bridgehead atoms. The number of dihydropyridines is 1. The van der Waals surface area contributed by atoms with Crippen LogP contribution >= 0.6 is 0 Å². The first-order valence-electron chi connectivity index (χ1n) is 18.6. The van der Waals surface area contributed by atoms with Gasteiger partial charge in [-0.25, -0.2) is 19.9 Å². The van der Waals surface area contributed by atoms with Gasteiger partial charge in [-0.15, -0.1) is 23.4 Å². The Morgan fingerprint density at radius 3 is 1.92 bits per heavy atom. The number of pyridine rings is 1. The standard InChI is InChI=1S/C19H24N8Si.C14H14N6.C5H12O2Si.C2H4.CH4/c1-5-28(3,4)13-18-25-24-17-12-14(8-11-27(17)18)15-6-9-20-19(22-15)23-16-7-10-21-26(16)2;1-10-9-11(3-6-15-10)12-4-7-16-14(18-12)19-13-5-8-17-20(13)2;1-5(6)7-8(2,3)4;1-2;/h6-12H,5,13H2,1-4H3,(H,20,22,23);3-9,15H,1H2,2H3,(H,16,18,19);1-4H3;1-2H2;1H4. The first kappa shape index (κ1) is 46.8. The van der Waals surface area contributed by atoms with E-state index in [0.29, 0.717) is 11.9 Å². The third-order valence-electron chi connectivity index (χ3n) is 8.41. The number of rotatable bonds is 10. The Labute approximate surface area is 349 Å². The van der Waals surface area contributed by atoms with Crippen molar-refractivity contribution < 1.29 is 9.22 Å². The Morgan fingerprint density at radius 1 is 0.847 bits per heavy atom. The molecule has 59 heavy (non-hydrogen) atoms. The lowest BCUT2D eigenvalue weighted by Gasteiger charge is -2.18. The number of carbonyl (C=O) groups excluding carboxylic acids is 1. The monoisotopic (exact) mass is 834 g/mol. The molecule has 0 spiro atoms. The van der Waals surface area contributed by atoms with Crippen LogP contribution in [0, 0.1) is 0 Å². The maximum absolute atomic E-state index is 10.3. The Bertz CT molecular complexity index is 2370. The zero-order valence-corrected chi connectivity index (χ0v) is 36.9. The molecule has 0 amide bonds. The van der Waals surface area contributed by atoms with Crippen molar-refractivity contribution in [2.24, 2.45) is 14.1 Å². The van der Waals surface area contributed by atoms with Crippen molar-refractivity contribution in [3.05, 3.63) is 123 Å². The first-order valence-corrected chi connectivity index (χ1v) is 25.5. The second kappa shape index (κ2) is 21.3. The third-order valence-corrected chi connectivity index (χ3v) is 12.5. The fourth-order valence-electron chi connectivity index (χ4n) is 5.26. The molecule has 7 rings (SSSR count). The molecule has 0 radical (unpaired) electrons. The van der Waals surface area contributed by atoms with Crippen molar-refractivity contribution in [2.45, 2.75) is 66.1 Å². The Hall–Kier alpha value is -6.54.